The highest BCUT2D eigenvalue weighted by atomic mass is 32.2. The number of ether oxygens (including phenoxy) is 2. The van der Waals surface area contributed by atoms with Crippen LogP contribution >= 0.6 is 0 Å². The molecule has 0 spiro atoms. The van der Waals surface area contributed by atoms with Gasteiger partial charge in [-0.25, -0.2) is 8.42 Å². The summed E-state index contributed by atoms with van der Waals surface area (Å²) in [6.07, 6.45) is 2.13. The molecule has 0 radical (unpaired) electrons. The largest absolute Gasteiger partial charge is 0.488 e. The van der Waals surface area contributed by atoms with Gasteiger partial charge in [-0.05, 0) is 13.8 Å². The van der Waals surface area contributed by atoms with Crippen molar-refractivity contribution in [2.45, 2.75) is 24.8 Å². The molecule has 0 saturated carbocycles. The van der Waals surface area contributed by atoms with Gasteiger partial charge in [0.25, 0.3) is 6.47 Å². The molecule has 7 heteroatoms. The van der Waals surface area contributed by atoms with Gasteiger partial charge in [0, 0.05) is 12.3 Å². The van der Waals surface area contributed by atoms with Crippen LogP contribution in [0.3, 0.4) is 0 Å². The predicted molar refractivity (Wildman–Crippen MR) is 64.2 cm³/mol. The van der Waals surface area contributed by atoms with Crippen molar-refractivity contribution in [3.63, 3.8) is 0 Å². The van der Waals surface area contributed by atoms with E-state index in [0.717, 1.165) is 6.26 Å². The van der Waals surface area contributed by atoms with E-state index in [1.54, 1.807) is 13.8 Å². The highest BCUT2D eigenvalue weighted by molar-refractivity contribution is 7.90. The van der Waals surface area contributed by atoms with Gasteiger partial charge in [0.05, 0.1) is 16.8 Å². The zero-order chi connectivity index (χ0) is 13.8. The van der Waals surface area contributed by atoms with Crippen molar-refractivity contribution in [3.8, 4) is 5.75 Å². The first-order chi connectivity index (χ1) is 8.34. The standard InChI is InChI=1S/C11H15NO5S/c1-8(17-7-13)6-16-10-4-11(18(3,14)15)9(2)12-5-10/h4-5,7-8H,6H2,1-3H3/t8-/m1/s1. The summed E-state index contributed by atoms with van der Waals surface area (Å²) in [5, 5.41) is 0. The van der Waals surface area contributed by atoms with E-state index in [-0.39, 0.29) is 11.5 Å². The van der Waals surface area contributed by atoms with E-state index < -0.39 is 15.9 Å². The molecule has 1 aromatic rings. The Morgan fingerprint density at radius 1 is 1.50 bits per heavy atom. The second-order valence-corrected chi connectivity index (χ2v) is 5.86. The number of carbonyl (C=O) groups is 1. The summed E-state index contributed by atoms with van der Waals surface area (Å²) in [7, 11) is -3.33. The van der Waals surface area contributed by atoms with Gasteiger partial charge in [-0.3, -0.25) is 9.78 Å². The van der Waals surface area contributed by atoms with Crippen molar-refractivity contribution in [3.05, 3.63) is 18.0 Å². The van der Waals surface area contributed by atoms with Crippen molar-refractivity contribution >= 4 is 16.3 Å². The molecule has 0 aromatic carbocycles. The molecule has 100 valence electrons. The van der Waals surface area contributed by atoms with Crippen molar-refractivity contribution in [2.24, 2.45) is 0 Å². The molecular formula is C11H15NO5S. The minimum absolute atomic E-state index is 0.129. The Kier molecular flexibility index (Phi) is 4.66. The molecule has 0 saturated heterocycles. The molecule has 6 nitrogen and oxygen atoms in total. The Morgan fingerprint density at radius 3 is 2.72 bits per heavy atom. The van der Waals surface area contributed by atoms with Crippen molar-refractivity contribution in [1.29, 1.82) is 0 Å². The molecule has 1 heterocycles. The number of hydrogen-bond donors (Lipinski definition) is 0. The first kappa shape index (κ1) is 14.4. The second-order valence-electron chi connectivity index (χ2n) is 3.88. The van der Waals surface area contributed by atoms with E-state index in [1.807, 2.05) is 0 Å². The van der Waals surface area contributed by atoms with Gasteiger partial charge in [0.2, 0.25) is 0 Å². The number of pyridine rings is 1. The molecule has 0 bridgehead atoms. The van der Waals surface area contributed by atoms with E-state index in [9.17, 15) is 13.2 Å². The molecule has 1 rings (SSSR count). The molecule has 0 N–H and O–H groups in total. The molecule has 0 amide bonds. The average molecular weight is 273 g/mol. The smallest absolute Gasteiger partial charge is 0.293 e. The Bertz CT molecular complexity index is 526. The van der Waals surface area contributed by atoms with Crippen LogP contribution in [0.2, 0.25) is 0 Å². The Hall–Kier alpha value is -1.63. The first-order valence-corrected chi connectivity index (χ1v) is 7.12. The zero-order valence-electron chi connectivity index (χ0n) is 10.4. The fourth-order valence-electron chi connectivity index (χ4n) is 1.30. The molecule has 18 heavy (non-hydrogen) atoms. The molecule has 0 aliphatic heterocycles. The topological polar surface area (TPSA) is 82.6 Å². The van der Waals surface area contributed by atoms with Crippen LogP contribution in [0.5, 0.6) is 5.75 Å². The molecule has 0 fully saturated rings. The lowest BCUT2D eigenvalue weighted by Gasteiger charge is -2.12. The quantitative estimate of drug-likeness (QED) is 0.711. The van der Waals surface area contributed by atoms with Gasteiger partial charge in [-0.2, -0.15) is 0 Å². The summed E-state index contributed by atoms with van der Waals surface area (Å²) < 4.78 is 32.9. The van der Waals surface area contributed by atoms with Crippen LogP contribution in [-0.2, 0) is 19.4 Å². The van der Waals surface area contributed by atoms with Crippen molar-refractivity contribution < 1.29 is 22.7 Å². The Morgan fingerprint density at radius 2 is 2.17 bits per heavy atom. The lowest BCUT2D eigenvalue weighted by atomic mass is 10.3. The number of nitrogens with zero attached hydrogens (tertiary/aromatic N) is 1. The molecule has 1 aromatic heterocycles. The summed E-state index contributed by atoms with van der Waals surface area (Å²) in [6.45, 7) is 3.74. The van der Waals surface area contributed by atoms with E-state index in [1.165, 1.54) is 12.3 Å². The highest BCUT2D eigenvalue weighted by Crippen LogP contribution is 2.19. The van der Waals surface area contributed by atoms with Crippen LogP contribution in [0.25, 0.3) is 0 Å². The van der Waals surface area contributed by atoms with E-state index in [0.29, 0.717) is 17.9 Å². The minimum atomic E-state index is -3.33. The predicted octanol–water partition coefficient (Wildman–Crippen LogP) is 0.734. The summed E-state index contributed by atoms with van der Waals surface area (Å²) in [5.74, 6) is 0.322. The summed E-state index contributed by atoms with van der Waals surface area (Å²) >= 11 is 0. The van der Waals surface area contributed by atoms with Gasteiger partial charge in [0.15, 0.2) is 9.84 Å². The second kappa shape index (κ2) is 5.81. The maximum atomic E-state index is 11.5. The third-order valence-corrected chi connectivity index (χ3v) is 3.40. The maximum Gasteiger partial charge on any atom is 0.293 e. The van der Waals surface area contributed by atoms with Crippen LogP contribution < -0.4 is 4.74 Å². The fraction of sp³-hybridized carbons (Fsp3) is 0.455. The van der Waals surface area contributed by atoms with Gasteiger partial charge < -0.3 is 9.47 Å². The van der Waals surface area contributed by atoms with Crippen LogP contribution in [0.1, 0.15) is 12.6 Å². The summed E-state index contributed by atoms with van der Waals surface area (Å²) in [6, 6.07) is 1.41. The first-order valence-electron chi connectivity index (χ1n) is 5.23. The van der Waals surface area contributed by atoms with Gasteiger partial charge >= 0.3 is 0 Å². The number of carbonyl (C=O) groups excluding carboxylic acids is 1. The minimum Gasteiger partial charge on any atom is -0.488 e. The lowest BCUT2D eigenvalue weighted by molar-refractivity contribution is -0.134. The molecule has 1 atom stereocenters. The summed E-state index contributed by atoms with van der Waals surface area (Å²) in [4.78, 5) is 14.2. The number of aryl methyl sites for hydroxylation is 1. The van der Waals surface area contributed by atoms with Gasteiger partial charge in [-0.1, -0.05) is 0 Å². The van der Waals surface area contributed by atoms with E-state index in [2.05, 4.69) is 9.72 Å². The SMILES string of the molecule is Cc1ncc(OC[C@@H](C)OC=O)cc1S(C)(=O)=O. The third kappa shape index (κ3) is 3.99. The average Bonchev–Trinajstić information content (AvgIpc) is 2.27. The van der Waals surface area contributed by atoms with Crippen molar-refractivity contribution in [2.75, 3.05) is 12.9 Å². The van der Waals surface area contributed by atoms with Crippen LogP contribution in [0.4, 0.5) is 0 Å². The van der Waals surface area contributed by atoms with Crippen LogP contribution in [-0.4, -0.2) is 38.8 Å². The monoisotopic (exact) mass is 273 g/mol. The number of aromatic nitrogens is 1. The normalized spacial score (nSPS) is 12.8. The number of hydrogen-bond acceptors (Lipinski definition) is 6. The van der Waals surface area contributed by atoms with Gasteiger partial charge in [0.1, 0.15) is 18.5 Å². The number of rotatable bonds is 6. The Balaban J connectivity index is 2.83. The molecular weight excluding hydrogens is 258 g/mol. The van der Waals surface area contributed by atoms with Crippen LogP contribution in [0, 0.1) is 6.92 Å². The van der Waals surface area contributed by atoms with Crippen LogP contribution in [0.15, 0.2) is 17.2 Å². The Labute approximate surface area is 106 Å². The van der Waals surface area contributed by atoms with E-state index in [4.69, 9.17) is 4.74 Å². The molecule has 0 unspecified atom stereocenters. The molecule has 0 aliphatic carbocycles. The highest BCUT2D eigenvalue weighted by Gasteiger charge is 2.13. The maximum absolute atomic E-state index is 11.5. The zero-order valence-corrected chi connectivity index (χ0v) is 11.2. The van der Waals surface area contributed by atoms with Gasteiger partial charge in [-0.15, -0.1) is 0 Å². The van der Waals surface area contributed by atoms with E-state index >= 15 is 0 Å². The lowest BCUT2D eigenvalue weighted by Crippen LogP contribution is -2.17. The molecule has 0 aliphatic rings. The fourth-order valence-corrected chi connectivity index (χ4v) is 2.22. The summed E-state index contributed by atoms with van der Waals surface area (Å²) in [5.41, 5.74) is 0.419. The van der Waals surface area contributed by atoms with Crippen molar-refractivity contribution in [1.82, 2.24) is 4.98 Å². The third-order valence-electron chi connectivity index (χ3n) is 2.19. The number of sulfone groups is 1.